The number of hydrogen-bond donors (Lipinski definition) is 1. The average molecular weight is 257 g/mol. The molecule has 2 rings (SSSR count). The summed E-state index contributed by atoms with van der Waals surface area (Å²) >= 11 is 0. The maximum absolute atomic E-state index is 4.53. The van der Waals surface area contributed by atoms with Crippen LogP contribution in [0.2, 0.25) is 0 Å². The van der Waals surface area contributed by atoms with Crippen LogP contribution in [0, 0.1) is 13.8 Å². The van der Waals surface area contributed by atoms with E-state index in [-0.39, 0.29) is 0 Å². The van der Waals surface area contributed by atoms with Crippen molar-refractivity contribution in [3.05, 3.63) is 41.2 Å². The summed E-state index contributed by atoms with van der Waals surface area (Å²) in [5, 5.41) is 8.02. The van der Waals surface area contributed by atoms with Gasteiger partial charge in [-0.05, 0) is 38.4 Å². The number of benzene rings is 1. The maximum Gasteiger partial charge on any atom is 0.0674 e. The molecule has 0 bridgehead atoms. The summed E-state index contributed by atoms with van der Waals surface area (Å²) in [5.74, 6) is 0. The zero-order valence-corrected chi connectivity index (χ0v) is 12.5. The zero-order chi connectivity index (χ0) is 14.0. The largest absolute Gasteiger partial charge is 0.310 e. The molecule has 3 heteroatoms. The van der Waals surface area contributed by atoms with E-state index in [1.807, 2.05) is 11.7 Å². The molecule has 0 saturated carbocycles. The third-order valence-corrected chi connectivity index (χ3v) is 3.72. The van der Waals surface area contributed by atoms with E-state index in [0.29, 0.717) is 6.04 Å². The number of nitrogens with zero attached hydrogens (tertiary/aromatic N) is 2. The van der Waals surface area contributed by atoms with Crippen LogP contribution < -0.4 is 5.32 Å². The molecule has 1 aromatic heterocycles. The van der Waals surface area contributed by atoms with E-state index in [1.165, 1.54) is 22.4 Å². The molecule has 0 aliphatic rings. The molecule has 0 aliphatic carbocycles. The van der Waals surface area contributed by atoms with Crippen molar-refractivity contribution in [2.45, 2.75) is 33.7 Å². The second-order valence-corrected chi connectivity index (χ2v) is 5.04. The molecule has 3 nitrogen and oxygen atoms in total. The molecular weight excluding hydrogens is 234 g/mol. The standard InChI is InChI=1S/C16H23N3/c1-6-17-11(2)14-9-7-8-10-15(14)16-12(3)18-19(5)13(16)4/h7-11,17H,6H2,1-5H3. The Morgan fingerprint density at radius 3 is 2.53 bits per heavy atom. The predicted octanol–water partition coefficient (Wildman–Crippen LogP) is 3.37. The molecule has 19 heavy (non-hydrogen) atoms. The van der Waals surface area contributed by atoms with Crippen molar-refractivity contribution in [1.82, 2.24) is 15.1 Å². The average Bonchev–Trinajstić information content (AvgIpc) is 2.63. The summed E-state index contributed by atoms with van der Waals surface area (Å²) in [7, 11) is 2.00. The Hall–Kier alpha value is -1.61. The van der Waals surface area contributed by atoms with Crippen LogP contribution in [0.1, 0.15) is 36.8 Å². The second kappa shape index (κ2) is 5.57. The quantitative estimate of drug-likeness (QED) is 0.910. The van der Waals surface area contributed by atoms with Gasteiger partial charge in [0.05, 0.1) is 5.69 Å². The highest BCUT2D eigenvalue weighted by Gasteiger charge is 2.17. The Morgan fingerprint density at radius 1 is 1.26 bits per heavy atom. The summed E-state index contributed by atoms with van der Waals surface area (Å²) in [6.45, 7) is 9.53. The van der Waals surface area contributed by atoms with Gasteiger partial charge in [-0.1, -0.05) is 31.2 Å². The number of hydrogen-bond acceptors (Lipinski definition) is 2. The van der Waals surface area contributed by atoms with Crippen molar-refractivity contribution in [1.29, 1.82) is 0 Å². The van der Waals surface area contributed by atoms with E-state index in [2.05, 4.69) is 62.4 Å². The van der Waals surface area contributed by atoms with Crippen LogP contribution in [0.3, 0.4) is 0 Å². The lowest BCUT2D eigenvalue weighted by atomic mass is 9.94. The fraction of sp³-hybridized carbons (Fsp3) is 0.438. The van der Waals surface area contributed by atoms with E-state index >= 15 is 0 Å². The Balaban J connectivity index is 2.56. The van der Waals surface area contributed by atoms with Crippen molar-refractivity contribution in [3.63, 3.8) is 0 Å². The Kier molecular flexibility index (Phi) is 4.05. The van der Waals surface area contributed by atoms with E-state index in [0.717, 1.165) is 12.2 Å². The van der Waals surface area contributed by atoms with Crippen molar-refractivity contribution in [2.75, 3.05) is 6.54 Å². The van der Waals surface area contributed by atoms with Crippen LogP contribution in [0.5, 0.6) is 0 Å². The van der Waals surface area contributed by atoms with Gasteiger partial charge in [0.25, 0.3) is 0 Å². The molecule has 102 valence electrons. The molecule has 1 N–H and O–H groups in total. The van der Waals surface area contributed by atoms with Gasteiger partial charge >= 0.3 is 0 Å². The first-order valence-electron chi connectivity index (χ1n) is 6.89. The lowest BCUT2D eigenvalue weighted by Crippen LogP contribution is -2.18. The topological polar surface area (TPSA) is 29.9 Å². The predicted molar refractivity (Wildman–Crippen MR) is 80.2 cm³/mol. The highest BCUT2D eigenvalue weighted by molar-refractivity contribution is 5.72. The molecule has 0 spiro atoms. The monoisotopic (exact) mass is 257 g/mol. The number of aryl methyl sites for hydroxylation is 2. The molecule has 0 radical (unpaired) electrons. The van der Waals surface area contributed by atoms with Gasteiger partial charge < -0.3 is 5.32 Å². The molecule has 0 fully saturated rings. The van der Waals surface area contributed by atoms with Gasteiger partial charge in [-0.2, -0.15) is 5.10 Å². The van der Waals surface area contributed by atoms with E-state index in [4.69, 9.17) is 0 Å². The van der Waals surface area contributed by atoms with Crippen molar-refractivity contribution < 1.29 is 0 Å². The number of rotatable bonds is 4. The molecule has 2 aromatic rings. The van der Waals surface area contributed by atoms with Crippen LogP contribution in [0.15, 0.2) is 24.3 Å². The molecule has 0 saturated heterocycles. The van der Waals surface area contributed by atoms with Crippen LogP contribution in [-0.2, 0) is 7.05 Å². The van der Waals surface area contributed by atoms with Crippen molar-refractivity contribution >= 4 is 0 Å². The van der Waals surface area contributed by atoms with Crippen molar-refractivity contribution in [2.24, 2.45) is 7.05 Å². The lowest BCUT2D eigenvalue weighted by Gasteiger charge is -2.17. The van der Waals surface area contributed by atoms with E-state index in [9.17, 15) is 0 Å². The summed E-state index contributed by atoms with van der Waals surface area (Å²) in [4.78, 5) is 0. The summed E-state index contributed by atoms with van der Waals surface area (Å²) in [6.07, 6.45) is 0. The molecule has 1 atom stereocenters. The van der Waals surface area contributed by atoms with Gasteiger partial charge in [0.1, 0.15) is 0 Å². The highest BCUT2D eigenvalue weighted by Crippen LogP contribution is 2.32. The number of aromatic nitrogens is 2. The Morgan fingerprint density at radius 2 is 1.95 bits per heavy atom. The van der Waals surface area contributed by atoms with Gasteiger partial charge in [0.2, 0.25) is 0 Å². The summed E-state index contributed by atoms with van der Waals surface area (Å²) in [5.41, 5.74) is 6.20. The summed E-state index contributed by atoms with van der Waals surface area (Å²) in [6, 6.07) is 8.95. The summed E-state index contributed by atoms with van der Waals surface area (Å²) < 4.78 is 1.96. The smallest absolute Gasteiger partial charge is 0.0674 e. The second-order valence-electron chi connectivity index (χ2n) is 5.04. The van der Waals surface area contributed by atoms with E-state index < -0.39 is 0 Å². The first-order chi connectivity index (χ1) is 9.06. The third kappa shape index (κ3) is 2.56. The van der Waals surface area contributed by atoms with Gasteiger partial charge in [0, 0.05) is 24.3 Å². The van der Waals surface area contributed by atoms with Crippen LogP contribution in [0.4, 0.5) is 0 Å². The molecular formula is C16H23N3. The molecule has 0 amide bonds. The fourth-order valence-electron chi connectivity index (χ4n) is 2.68. The SMILES string of the molecule is CCNC(C)c1ccccc1-c1c(C)nn(C)c1C. The Labute approximate surface area is 115 Å². The van der Waals surface area contributed by atoms with Crippen LogP contribution in [0.25, 0.3) is 11.1 Å². The molecule has 1 aromatic carbocycles. The van der Waals surface area contributed by atoms with Crippen LogP contribution in [-0.4, -0.2) is 16.3 Å². The third-order valence-electron chi connectivity index (χ3n) is 3.72. The van der Waals surface area contributed by atoms with Crippen molar-refractivity contribution in [3.8, 4) is 11.1 Å². The number of nitrogens with one attached hydrogen (secondary N) is 1. The maximum atomic E-state index is 4.53. The molecule has 0 aliphatic heterocycles. The first-order valence-corrected chi connectivity index (χ1v) is 6.89. The van der Waals surface area contributed by atoms with Gasteiger partial charge in [-0.25, -0.2) is 0 Å². The van der Waals surface area contributed by atoms with Gasteiger partial charge in [0.15, 0.2) is 0 Å². The van der Waals surface area contributed by atoms with E-state index in [1.54, 1.807) is 0 Å². The van der Waals surface area contributed by atoms with Gasteiger partial charge in [-0.15, -0.1) is 0 Å². The first kappa shape index (κ1) is 13.8. The molecule has 1 unspecified atom stereocenters. The lowest BCUT2D eigenvalue weighted by molar-refractivity contribution is 0.599. The minimum Gasteiger partial charge on any atom is -0.310 e. The normalized spacial score (nSPS) is 12.7. The minimum absolute atomic E-state index is 0.347. The Bertz CT molecular complexity index is 569. The fourth-order valence-corrected chi connectivity index (χ4v) is 2.68. The molecule has 1 heterocycles. The zero-order valence-electron chi connectivity index (χ0n) is 12.5. The highest BCUT2D eigenvalue weighted by atomic mass is 15.3. The van der Waals surface area contributed by atoms with Crippen LogP contribution >= 0.6 is 0 Å². The minimum atomic E-state index is 0.347. The van der Waals surface area contributed by atoms with Gasteiger partial charge in [-0.3, -0.25) is 4.68 Å².